The molecule has 0 radical (unpaired) electrons. The average Bonchev–Trinajstić information content (AvgIpc) is 2.46. The summed E-state index contributed by atoms with van der Waals surface area (Å²) in [5, 5.41) is 2.97. The molecular weight excluding hydrogens is 254 g/mol. The predicted molar refractivity (Wildman–Crippen MR) is 84.5 cm³/mol. The van der Waals surface area contributed by atoms with E-state index in [-0.39, 0.29) is 11.9 Å². The van der Waals surface area contributed by atoms with E-state index in [0.29, 0.717) is 31.9 Å². The second-order valence-electron chi connectivity index (χ2n) is 4.97. The Bertz CT molecular complexity index is 281. The number of amides is 1. The minimum atomic E-state index is 0.0371. The fraction of sp³-hybridized carbons (Fsp3) is 0.857. The van der Waals surface area contributed by atoms with Crippen LogP contribution < -0.4 is 22.5 Å². The second kappa shape index (κ2) is 12.9. The third-order valence-electron chi connectivity index (χ3n) is 3.15. The van der Waals surface area contributed by atoms with Gasteiger partial charge in [-0.05, 0) is 32.2 Å². The molecule has 0 spiro atoms. The molecule has 0 heterocycles. The fourth-order valence-electron chi connectivity index (χ4n) is 1.83. The van der Waals surface area contributed by atoms with Crippen LogP contribution in [-0.2, 0) is 4.79 Å². The molecule has 0 fully saturated rings. The Morgan fingerprint density at radius 3 is 2.55 bits per heavy atom. The average molecular weight is 285 g/mol. The fourth-order valence-corrected chi connectivity index (χ4v) is 1.83. The highest BCUT2D eigenvalue weighted by Crippen LogP contribution is 2.01. The Kier molecular flexibility index (Phi) is 12.1. The van der Waals surface area contributed by atoms with E-state index in [2.05, 4.69) is 10.3 Å². The van der Waals surface area contributed by atoms with Gasteiger partial charge in [0.1, 0.15) is 0 Å². The maximum absolute atomic E-state index is 11.7. The summed E-state index contributed by atoms with van der Waals surface area (Å²) < 4.78 is 0. The topological polar surface area (TPSA) is 120 Å². The summed E-state index contributed by atoms with van der Waals surface area (Å²) in [4.78, 5) is 15.9. The summed E-state index contributed by atoms with van der Waals surface area (Å²) in [6.07, 6.45) is 5.92. The molecule has 0 aliphatic rings. The molecule has 6 nitrogen and oxygen atoms in total. The Hall–Kier alpha value is -1.14. The van der Waals surface area contributed by atoms with Crippen LogP contribution in [0, 0.1) is 0 Å². The summed E-state index contributed by atoms with van der Waals surface area (Å²) in [6, 6.07) is 0.0371. The first-order valence-corrected chi connectivity index (χ1v) is 7.62. The van der Waals surface area contributed by atoms with Crippen molar-refractivity contribution >= 4 is 11.7 Å². The van der Waals surface area contributed by atoms with Gasteiger partial charge in [0.15, 0.2) is 0 Å². The maximum atomic E-state index is 11.7. The largest absolute Gasteiger partial charge is 0.387 e. The van der Waals surface area contributed by atoms with E-state index in [9.17, 15) is 4.79 Å². The molecular formula is C14H31N5O. The van der Waals surface area contributed by atoms with Crippen molar-refractivity contribution in [2.24, 2.45) is 22.2 Å². The molecule has 0 aromatic heterocycles. The number of nitrogens with zero attached hydrogens (tertiary/aromatic N) is 1. The smallest absolute Gasteiger partial charge is 0.220 e. The zero-order valence-electron chi connectivity index (χ0n) is 12.7. The first-order valence-electron chi connectivity index (χ1n) is 7.62. The zero-order chi connectivity index (χ0) is 15.2. The number of nitrogens with one attached hydrogen (secondary N) is 1. The maximum Gasteiger partial charge on any atom is 0.220 e. The SMILES string of the molecule is CCC(N)=NCCCC(CN)NC(=O)CCCCCN. The first kappa shape index (κ1) is 18.9. The van der Waals surface area contributed by atoms with E-state index in [1.54, 1.807) is 0 Å². The third-order valence-corrected chi connectivity index (χ3v) is 3.15. The van der Waals surface area contributed by atoms with Crippen LogP contribution >= 0.6 is 0 Å². The van der Waals surface area contributed by atoms with Crippen LogP contribution in [0.5, 0.6) is 0 Å². The highest BCUT2D eigenvalue weighted by molar-refractivity contribution is 5.79. The number of carbonyl (C=O) groups is 1. The quantitative estimate of drug-likeness (QED) is 0.237. The van der Waals surface area contributed by atoms with Crippen molar-refractivity contribution in [3.63, 3.8) is 0 Å². The van der Waals surface area contributed by atoms with Crippen molar-refractivity contribution in [3.8, 4) is 0 Å². The molecule has 1 amide bonds. The van der Waals surface area contributed by atoms with Gasteiger partial charge in [0.25, 0.3) is 0 Å². The van der Waals surface area contributed by atoms with E-state index in [1.807, 2.05) is 6.92 Å². The molecule has 0 aliphatic carbocycles. The van der Waals surface area contributed by atoms with Crippen molar-refractivity contribution in [2.45, 2.75) is 57.9 Å². The highest BCUT2D eigenvalue weighted by Gasteiger charge is 2.09. The third kappa shape index (κ3) is 10.8. The molecule has 0 saturated carbocycles. The van der Waals surface area contributed by atoms with E-state index >= 15 is 0 Å². The Balaban J connectivity index is 3.77. The summed E-state index contributed by atoms with van der Waals surface area (Å²) in [5.74, 6) is 0.757. The number of carbonyl (C=O) groups excluding carboxylic acids is 1. The molecule has 0 bridgehead atoms. The molecule has 6 heteroatoms. The van der Waals surface area contributed by atoms with Gasteiger partial charge in [0.2, 0.25) is 5.91 Å². The number of hydrogen-bond donors (Lipinski definition) is 4. The Morgan fingerprint density at radius 1 is 1.20 bits per heavy atom. The second-order valence-corrected chi connectivity index (χ2v) is 4.97. The van der Waals surface area contributed by atoms with Crippen LogP contribution in [-0.4, -0.2) is 37.4 Å². The lowest BCUT2D eigenvalue weighted by atomic mass is 10.1. The summed E-state index contributed by atoms with van der Waals surface area (Å²) in [5.41, 5.74) is 16.7. The number of amidine groups is 1. The molecule has 0 aromatic rings. The highest BCUT2D eigenvalue weighted by atomic mass is 16.1. The van der Waals surface area contributed by atoms with Gasteiger partial charge in [0.05, 0.1) is 5.84 Å². The van der Waals surface area contributed by atoms with Crippen LogP contribution in [0.3, 0.4) is 0 Å². The van der Waals surface area contributed by atoms with Crippen LogP contribution in [0.4, 0.5) is 0 Å². The summed E-state index contributed by atoms with van der Waals surface area (Å²) >= 11 is 0. The lowest BCUT2D eigenvalue weighted by molar-refractivity contribution is -0.121. The monoisotopic (exact) mass is 285 g/mol. The number of hydrogen-bond acceptors (Lipinski definition) is 4. The van der Waals surface area contributed by atoms with Gasteiger partial charge in [-0.25, -0.2) is 0 Å². The van der Waals surface area contributed by atoms with Crippen LogP contribution in [0.25, 0.3) is 0 Å². The predicted octanol–water partition coefficient (Wildman–Crippen LogP) is 0.496. The first-order chi connectivity index (χ1) is 9.63. The van der Waals surface area contributed by atoms with Gasteiger partial charge >= 0.3 is 0 Å². The lowest BCUT2D eigenvalue weighted by Gasteiger charge is -2.16. The number of nitrogens with two attached hydrogens (primary N) is 3. The van der Waals surface area contributed by atoms with E-state index in [4.69, 9.17) is 17.2 Å². The molecule has 118 valence electrons. The molecule has 7 N–H and O–H groups in total. The van der Waals surface area contributed by atoms with E-state index in [1.165, 1.54) is 0 Å². The normalized spacial score (nSPS) is 13.2. The zero-order valence-corrected chi connectivity index (χ0v) is 12.7. The van der Waals surface area contributed by atoms with Gasteiger partial charge in [-0.1, -0.05) is 13.3 Å². The van der Waals surface area contributed by atoms with E-state index < -0.39 is 0 Å². The van der Waals surface area contributed by atoms with Crippen molar-refractivity contribution < 1.29 is 4.79 Å². The number of aliphatic imine (C=N–C) groups is 1. The van der Waals surface area contributed by atoms with Gasteiger partial charge in [-0.15, -0.1) is 0 Å². The molecule has 0 rings (SSSR count). The van der Waals surface area contributed by atoms with Crippen molar-refractivity contribution in [1.29, 1.82) is 0 Å². The lowest BCUT2D eigenvalue weighted by Crippen LogP contribution is -2.40. The van der Waals surface area contributed by atoms with Gasteiger partial charge < -0.3 is 22.5 Å². The number of unbranched alkanes of at least 4 members (excludes halogenated alkanes) is 2. The van der Waals surface area contributed by atoms with Gasteiger partial charge in [-0.3, -0.25) is 9.79 Å². The number of rotatable bonds is 12. The van der Waals surface area contributed by atoms with Crippen LogP contribution in [0.2, 0.25) is 0 Å². The van der Waals surface area contributed by atoms with Crippen molar-refractivity contribution in [2.75, 3.05) is 19.6 Å². The molecule has 20 heavy (non-hydrogen) atoms. The van der Waals surface area contributed by atoms with Crippen molar-refractivity contribution in [3.05, 3.63) is 0 Å². The standard InChI is InChI=1S/C14H31N5O/c1-2-13(17)18-10-6-7-12(11-16)19-14(20)8-4-3-5-9-15/h12H,2-11,15-16H2,1H3,(H2,17,18)(H,19,20). The molecule has 0 aliphatic heterocycles. The Labute approximate surface area is 122 Å². The minimum absolute atomic E-state index is 0.0371. The minimum Gasteiger partial charge on any atom is -0.387 e. The molecule has 0 aromatic carbocycles. The van der Waals surface area contributed by atoms with E-state index in [0.717, 1.165) is 38.5 Å². The van der Waals surface area contributed by atoms with Crippen LogP contribution in [0.1, 0.15) is 51.9 Å². The summed E-state index contributed by atoms with van der Waals surface area (Å²) in [6.45, 7) is 3.82. The van der Waals surface area contributed by atoms with Crippen LogP contribution in [0.15, 0.2) is 4.99 Å². The van der Waals surface area contributed by atoms with Gasteiger partial charge in [-0.2, -0.15) is 0 Å². The van der Waals surface area contributed by atoms with Crippen molar-refractivity contribution in [1.82, 2.24) is 5.32 Å². The Morgan fingerprint density at radius 2 is 1.95 bits per heavy atom. The molecule has 1 atom stereocenters. The van der Waals surface area contributed by atoms with Gasteiger partial charge in [0, 0.05) is 32.0 Å². The summed E-state index contributed by atoms with van der Waals surface area (Å²) in [7, 11) is 0. The molecule has 1 unspecified atom stereocenters. The molecule has 0 saturated heterocycles.